The first-order valence-corrected chi connectivity index (χ1v) is 11.5. The van der Waals surface area contributed by atoms with Crippen molar-refractivity contribution in [3.05, 3.63) is 57.9 Å². The van der Waals surface area contributed by atoms with Gasteiger partial charge in [-0.2, -0.15) is 8.78 Å². The van der Waals surface area contributed by atoms with Crippen molar-refractivity contribution < 1.29 is 23.1 Å². The Balaban J connectivity index is 1.80. The van der Waals surface area contributed by atoms with Gasteiger partial charge in [-0.25, -0.2) is 4.98 Å². The van der Waals surface area contributed by atoms with E-state index in [0.29, 0.717) is 9.90 Å². The van der Waals surface area contributed by atoms with Crippen molar-refractivity contribution in [3.63, 3.8) is 0 Å². The molecule has 1 aromatic carbocycles. The number of primary amides is 1. The Bertz CT molecular complexity index is 1140. The zero-order valence-corrected chi connectivity index (χ0v) is 19.7. The van der Waals surface area contributed by atoms with E-state index < -0.39 is 17.8 Å². The summed E-state index contributed by atoms with van der Waals surface area (Å²) in [5.74, 6) is -0.392. The van der Waals surface area contributed by atoms with Crippen molar-refractivity contribution in [2.45, 2.75) is 50.3 Å². The molecule has 1 atom stereocenters. The van der Waals surface area contributed by atoms with E-state index in [-0.39, 0.29) is 18.0 Å². The quantitative estimate of drug-likeness (QED) is 0.350. The molecule has 10 heteroatoms. The smallest absolute Gasteiger partial charge is 0.387 e. The van der Waals surface area contributed by atoms with Crippen LogP contribution >= 0.6 is 23.1 Å². The normalized spacial score (nSPS) is 12.2. The minimum atomic E-state index is -2.88. The van der Waals surface area contributed by atoms with Gasteiger partial charge < -0.3 is 15.0 Å². The fourth-order valence-electron chi connectivity index (χ4n) is 3.38. The lowest BCUT2D eigenvalue weighted by atomic mass is 10.1. The van der Waals surface area contributed by atoms with Gasteiger partial charge in [-0.3, -0.25) is 9.59 Å². The van der Waals surface area contributed by atoms with E-state index in [4.69, 9.17) is 5.73 Å². The van der Waals surface area contributed by atoms with Crippen LogP contribution < -0.4 is 10.5 Å². The highest BCUT2D eigenvalue weighted by atomic mass is 32.2. The van der Waals surface area contributed by atoms with Gasteiger partial charge in [-0.05, 0) is 58.0 Å². The summed E-state index contributed by atoms with van der Waals surface area (Å²) in [6, 6.07) is 8.10. The van der Waals surface area contributed by atoms with E-state index >= 15 is 0 Å². The highest BCUT2D eigenvalue weighted by molar-refractivity contribution is 8.02. The SMILES string of the molecule is Cc1nc(S[C@@H](C)C(=O)c2cc(C)n(-c3ccc(OC(F)F)cc3)c2C)sc1CC(N)=O. The highest BCUT2D eigenvalue weighted by Crippen LogP contribution is 2.33. The maximum Gasteiger partial charge on any atom is 0.387 e. The Labute approximate surface area is 192 Å². The number of ether oxygens (including phenoxy) is 1. The molecule has 3 aromatic rings. The number of halogens is 2. The average Bonchev–Trinajstić information content (AvgIpc) is 3.19. The summed E-state index contributed by atoms with van der Waals surface area (Å²) in [5.41, 5.74) is 8.95. The topological polar surface area (TPSA) is 87.2 Å². The van der Waals surface area contributed by atoms with E-state index in [2.05, 4.69) is 9.72 Å². The second kappa shape index (κ2) is 9.83. The van der Waals surface area contributed by atoms with Crippen molar-refractivity contribution in [1.29, 1.82) is 0 Å². The summed E-state index contributed by atoms with van der Waals surface area (Å²) in [7, 11) is 0. The predicted octanol–water partition coefficient (Wildman–Crippen LogP) is 4.85. The number of aryl methyl sites for hydroxylation is 2. The molecule has 6 nitrogen and oxygen atoms in total. The fourth-order valence-corrected chi connectivity index (χ4v) is 5.84. The van der Waals surface area contributed by atoms with Crippen molar-refractivity contribution in [1.82, 2.24) is 9.55 Å². The number of aromatic nitrogens is 2. The van der Waals surface area contributed by atoms with Gasteiger partial charge in [0, 0.05) is 27.5 Å². The Hall–Kier alpha value is -2.72. The number of carbonyl (C=O) groups excluding carboxylic acids is 2. The number of benzene rings is 1. The van der Waals surface area contributed by atoms with Crippen LogP contribution in [0.25, 0.3) is 5.69 Å². The summed E-state index contributed by atoms with van der Waals surface area (Å²) in [5, 5.41) is -0.391. The van der Waals surface area contributed by atoms with Gasteiger partial charge in [0.2, 0.25) is 5.91 Å². The molecule has 2 aromatic heterocycles. The number of nitrogens with zero attached hydrogens (tertiary/aromatic N) is 2. The Morgan fingerprint density at radius 2 is 1.88 bits per heavy atom. The third-order valence-electron chi connectivity index (χ3n) is 4.87. The minimum Gasteiger partial charge on any atom is -0.435 e. The molecule has 0 saturated carbocycles. The van der Waals surface area contributed by atoms with Gasteiger partial charge in [0.05, 0.1) is 17.4 Å². The molecule has 2 N–H and O–H groups in total. The van der Waals surface area contributed by atoms with Crippen molar-refractivity contribution in [2.24, 2.45) is 5.73 Å². The van der Waals surface area contributed by atoms with E-state index in [1.807, 2.05) is 38.3 Å². The van der Waals surface area contributed by atoms with E-state index in [1.165, 1.54) is 35.2 Å². The number of hydrogen-bond acceptors (Lipinski definition) is 6. The zero-order chi connectivity index (χ0) is 23.6. The number of ketones is 1. The van der Waals surface area contributed by atoms with E-state index in [1.54, 1.807) is 12.1 Å². The van der Waals surface area contributed by atoms with Gasteiger partial charge in [0.1, 0.15) is 5.75 Å². The number of amides is 1. The third-order valence-corrected chi connectivity index (χ3v) is 7.22. The Morgan fingerprint density at radius 3 is 2.47 bits per heavy atom. The molecule has 3 rings (SSSR count). The summed E-state index contributed by atoms with van der Waals surface area (Å²) in [4.78, 5) is 29.6. The summed E-state index contributed by atoms with van der Waals surface area (Å²) < 4.78 is 31.8. The van der Waals surface area contributed by atoms with Crippen LogP contribution in [0.3, 0.4) is 0 Å². The minimum absolute atomic E-state index is 0.0451. The van der Waals surface area contributed by atoms with Crippen molar-refractivity contribution >= 4 is 34.8 Å². The lowest BCUT2D eigenvalue weighted by Gasteiger charge is -2.12. The lowest BCUT2D eigenvalue weighted by molar-refractivity contribution is -0.117. The molecule has 0 fully saturated rings. The molecule has 0 aliphatic rings. The summed E-state index contributed by atoms with van der Waals surface area (Å²) in [6.07, 6.45) is 0.134. The average molecular weight is 480 g/mol. The molecular weight excluding hydrogens is 456 g/mol. The molecule has 0 bridgehead atoms. The van der Waals surface area contributed by atoms with Gasteiger partial charge in [-0.1, -0.05) is 11.8 Å². The molecular formula is C22H23F2N3O3S2. The first-order chi connectivity index (χ1) is 15.1. The molecule has 0 aliphatic heterocycles. The maximum absolute atomic E-state index is 13.2. The second-order valence-corrected chi connectivity index (χ2v) is 9.92. The van der Waals surface area contributed by atoms with Crippen LogP contribution in [0, 0.1) is 20.8 Å². The van der Waals surface area contributed by atoms with E-state index in [9.17, 15) is 18.4 Å². The predicted molar refractivity (Wildman–Crippen MR) is 121 cm³/mol. The molecule has 1 amide bonds. The van der Waals surface area contributed by atoms with Crippen LogP contribution in [0.5, 0.6) is 5.75 Å². The van der Waals surface area contributed by atoms with Crippen LogP contribution in [0.2, 0.25) is 0 Å². The van der Waals surface area contributed by atoms with Crippen LogP contribution in [-0.4, -0.2) is 33.1 Å². The Kier molecular flexibility index (Phi) is 7.35. The van der Waals surface area contributed by atoms with E-state index in [0.717, 1.165) is 27.6 Å². The zero-order valence-electron chi connectivity index (χ0n) is 18.0. The van der Waals surface area contributed by atoms with Gasteiger partial charge in [-0.15, -0.1) is 11.3 Å². The van der Waals surface area contributed by atoms with Crippen LogP contribution in [0.15, 0.2) is 34.7 Å². The molecule has 0 aliphatic carbocycles. The summed E-state index contributed by atoms with van der Waals surface area (Å²) >= 11 is 2.72. The molecule has 170 valence electrons. The number of alkyl halides is 2. The van der Waals surface area contributed by atoms with Gasteiger partial charge >= 0.3 is 6.61 Å². The molecule has 0 unspecified atom stereocenters. The maximum atomic E-state index is 13.2. The molecule has 2 heterocycles. The van der Waals surface area contributed by atoms with Crippen LogP contribution in [-0.2, 0) is 11.2 Å². The number of Topliss-reactive ketones (excluding diaryl/α,β-unsaturated/α-hetero) is 1. The number of carbonyl (C=O) groups is 2. The third kappa shape index (κ3) is 5.36. The van der Waals surface area contributed by atoms with Crippen molar-refractivity contribution in [2.75, 3.05) is 0 Å². The molecule has 0 saturated heterocycles. The number of thioether (sulfide) groups is 1. The van der Waals surface area contributed by atoms with Gasteiger partial charge in [0.25, 0.3) is 0 Å². The number of nitrogens with two attached hydrogens (primary N) is 1. The monoisotopic (exact) mass is 479 g/mol. The van der Waals surface area contributed by atoms with Crippen molar-refractivity contribution in [3.8, 4) is 11.4 Å². The van der Waals surface area contributed by atoms with Crippen LogP contribution in [0.4, 0.5) is 8.78 Å². The molecule has 0 spiro atoms. The van der Waals surface area contributed by atoms with Crippen LogP contribution in [0.1, 0.15) is 39.2 Å². The highest BCUT2D eigenvalue weighted by Gasteiger charge is 2.24. The Morgan fingerprint density at radius 1 is 1.22 bits per heavy atom. The molecule has 32 heavy (non-hydrogen) atoms. The number of thiazole rings is 1. The first kappa shape index (κ1) is 23.9. The largest absolute Gasteiger partial charge is 0.435 e. The fraction of sp³-hybridized carbons (Fsp3) is 0.318. The lowest BCUT2D eigenvalue weighted by Crippen LogP contribution is -2.14. The first-order valence-electron chi connectivity index (χ1n) is 9.76. The number of hydrogen-bond donors (Lipinski definition) is 1. The standard InChI is InChI=1S/C22H23F2N3O3S2/c1-11-9-17(13(3)27(11)15-5-7-16(8-6-15)30-21(23)24)20(29)14(4)31-22-26-12(2)18(32-22)10-19(25)28/h5-9,14,21H,10H2,1-4H3,(H2,25,28)/t14-/m0/s1. The van der Waals surface area contributed by atoms with Gasteiger partial charge in [0.15, 0.2) is 10.1 Å². The second-order valence-electron chi connectivity index (χ2n) is 7.25. The summed E-state index contributed by atoms with van der Waals surface area (Å²) in [6.45, 7) is 4.48. The molecule has 0 radical (unpaired) electrons. The number of rotatable bonds is 9.